The predicted molar refractivity (Wildman–Crippen MR) is 122 cm³/mol. The van der Waals surface area contributed by atoms with Crippen LogP contribution in [0.3, 0.4) is 0 Å². The fourth-order valence-electron chi connectivity index (χ4n) is 4.29. The van der Waals surface area contributed by atoms with Crippen molar-refractivity contribution in [3.8, 4) is 0 Å². The first-order valence-corrected chi connectivity index (χ1v) is 11.1. The van der Waals surface area contributed by atoms with Gasteiger partial charge >= 0.3 is 5.97 Å². The molecule has 0 bridgehead atoms. The van der Waals surface area contributed by atoms with Crippen LogP contribution in [0, 0.1) is 0 Å². The van der Waals surface area contributed by atoms with Crippen LogP contribution in [-0.2, 0) is 43.2 Å². The molecule has 6 atom stereocenters. The van der Waals surface area contributed by atoms with Crippen molar-refractivity contribution in [1.82, 2.24) is 4.90 Å². The summed E-state index contributed by atoms with van der Waals surface area (Å²) >= 11 is 0. The van der Waals surface area contributed by atoms with Crippen LogP contribution in [0.4, 0.5) is 0 Å². The van der Waals surface area contributed by atoms with E-state index in [1.54, 1.807) is 18.2 Å². The number of nitrogens with zero attached hydrogens (tertiary/aromatic N) is 1. The van der Waals surface area contributed by atoms with Crippen molar-refractivity contribution >= 4 is 31.4 Å². The highest BCUT2D eigenvalue weighted by atomic mass is 16.6. The number of imide groups is 1. The van der Waals surface area contributed by atoms with E-state index in [1.165, 1.54) is 6.92 Å². The van der Waals surface area contributed by atoms with Crippen LogP contribution < -0.4 is 0 Å². The van der Waals surface area contributed by atoms with E-state index in [1.807, 2.05) is 0 Å². The average Bonchev–Trinajstić information content (AvgIpc) is 3.17. The van der Waals surface area contributed by atoms with Crippen LogP contribution in [0.2, 0.25) is 0 Å². The number of aliphatic hydroxyl groups excluding tert-OH is 3. The summed E-state index contributed by atoms with van der Waals surface area (Å²) in [5, 5.41) is 39.7. The third kappa shape index (κ3) is 5.38. The third-order valence-corrected chi connectivity index (χ3v) is 6.40. The molecule has 1 aromatic carbocycles. The highest BCUT2D eigenvalue weighted by molar-refractivity contribution is 6.33. The smallest absolute Gasteiger partial charge is 0.335 e. The van der Waals surface area contributed by atoms with Crippen molar-refractivity contribution in [2.75, 3.05) is 0 Å². The number of Topliss-reactive ketones (excluding diaryl/α,β-unsaturated/α-hetero) is 1. The molecule has 1 saturated heterocycles. The average molecular weight is 486 g/mol. The number of aliphatic hydroxyl groups is 3. The second kappa shape index (κ2) is 10.4. The van der Waals surface area contributed by atoms with Gasteiger partial charge in [0.25, 0.3) is 11.8 Å². The Labute approximate surface area is 205 Å². The van der Waals surface area contributed by atoms with Crippen molar-refractivity contribution in [2.45, 2.75) is 75.5 Å². The topological polar surface area (TPSA) is 162 Å². The Morgan fingerprint density at radius 3 is 2.37 bits per heavy atom. The molecule has 6 unspecified atom stereocenters. The molecule has 0 aliphatic carbocycles. The molecule has 4 N–H and O–H groups in total. The Hall–Kier alpha value is -2.86. The van der Waals surface area contributed by atoms with Crippen LogP contribution in [0.15, 0.2) is 30.4 Å². The molecule has 2 aliphatic heterocycles. The fourth-order valence-corrected chi connectivity index (χ4v) is 4.29. The minimum Gasteiger partial charge on any atom is -0.479 e. The van der Waals surface area contributed by atoms with Gasteiger partial charge in [-0.05, 0) is 36.5 Å². The summed E-state index contributed by atoms with van der Waals surface area (Å²) < 4.78 is 12.9. The Balaban J connectivity index is 1.81. The lowest BCUT2D eigenvalue weighted by Crippen LogP contribution is -2.60. The van der Waals surface area contributed by atoms with Gasteiger partial charge in [0, 0.05) is 26.4 Å². The number of carboxylic acid groups (broad SMARTS) is 1. The number of ketones is 1. The van der Waals surface area contributed by atoms with E-state index >= 15 is 0 Å². The van der Waals surface area contributed by atoms with Gasteiger partial charge in [-0.3, -0.25) is 19.3 Å². The van der Waals surface area contributed by atoms with Crippen LogP contribution >= 0.6 is 0 Å². The summed E-state index contributed by atoms with van der Waals surface area (Å²) in [6.45, 7) is 1.40. The quantitative estimate of drug-likeness (QED) is 0.254. The highest BCUT2D eigenvalue weighted by Gasteiger charge is 2.47. The summed E-state index contributed by atoms with van der Waals surface area (Å²) in [5.41, 5.74) is 0.159. The molecule has 1 fully saturated rings. The van der Waals surface area contributed by atoms with Crippen molar-refractivity contribution in [1.29, 1.82) is 0 Å². The largest absolute Gasteiger partial charge is 0.479 e. The lowest BCUT2D eigenvalue weighted by atomic mass is 9.72. The van der Waals surface area contributed by atoms with Gasteiger partial charge in [-0.25, -0.2) is 4.79 Å². The number of carboxylic acids is 1. The minimum absolute atomic E-state index is 0.0354. The molecule has 2 radical (unpaired) electrons. The van der Waals surface area contributed by atoms with Gasteiger partial charge in [0.15, 0.2) is 6.10 Å². The number of ether oxygens (including phenoxy) is 1. The second-order valence-corrected chi connectivity index (χ2v) is 8.88. The first kappa shape index (κ1) is 25.2. The molecule has 2 heterocycles. The first-order valence-electron chi connectivity index (χ1n) is 11.8. The number of hydrogen-bond donors (Lipinski definition) is 4. The van der Waals surface area contributed by atoms with E-state index in [0.29, 0.717) is 22.4 Å². The Bertz CT molecular complexity index is 1060. The maximum absolute atomic E-state index is 13.0. The van der Waals surface area contributed by atoms with Crippen LogP contribution in [0.25, 0.3) is 0 Å². The van der Waals surface area contributed by atoms with Gasteiger partial charge in [0.2, 0.25) is 0 Å². The second-order valence-electron chi connectivity index (χ2n) is 8.88. The molecule has 186 valence electrons. The standard InChI is InChI=1S/C24H28BNO9/c1-3-12-4-5-14(11-15-19(30)20(31)21(32)22(35-15)23(33)34)13(10-12)6-7-16(27)24(2,25)26-17(28)8-9-18(26)29/h4-5,8-10,15,19-22,30-32H,3,6-7,11H2,1-2H3,(H,33,34)/i1D. The summed E-state index contributed by atoms with van der Waals surface area (Å²) in [6.07, 6.45) is -5.54. The number of aliphatic carboxylic acids is 1. The number of carbonyl (C=O) groups is 4. The summed E-state index contributed by atoms with van der Waals surface area (Å²) in [7, 11) is 6.08. The molecule has 35 heavy (non-hydrogen) atoms. The predicted octanol–water partition coefficient (Wildman–Crippen LogP) is -0.962. The summed E-state index contributed by atoms with van der Waals surface area (Å²) in [6, 6.07) is 5.23. The SMILES string of the molecule is [2H]CCc1ccc(CC2OC(C(=O)O)C(O)C(O)C2O)c(CCC(=O)C([B])(C)N2C(=O)C=CC2=O)c1. The zero-order valence-electron chi connectivity index (χ0n) is 20.2. The first-order chi connectivity index (χ1) is 16.9. The van der Waals surface area contributed by atoms with E-state index in [9.17, 15) is 39.6 Å². The molecule has 0 aromatic heterocycles. The molecular weight excluding hydrogens is 457 g/mol. The number of carbonyl (C=O) groups excluding carboxylic acids is 3. The van der Waals surface area contributed by atoms with Gasteiger partial charge < -0.3 is 25.2 Å². The maximum Gasteiger partial charge on any atom is 0.335 e. The van der Waals surface area contributed by atoms with E-state index in [2.05, 4.69) is 0 Å². The number of hydrogen-bond acceptors (Lipinski definition) is 8. The van der Waals surface area contributed by atoms with Crippen LogP contribution in [0.1, 0.15) is 38.3 Å². The number of rotatable bonds is 9. The van der Waals surface area contributed by atoms with Crippen LogP contribution in [0.5, 0.6) is 0 Å². The fraction of sp³-hybridized carbons (Fsp3) is 0.500. The van der Waals surface area contributed by atoms with Crippen molar-refractivity contribution in [2.24, 2.45) is 0 Å². The van der Waals surface area contributed by atoms with Crippen LogP contribution in [-0.4, -0.2) is 92.7 Å². The number of benzene rings is 1. The molecule has 10 nitrogen and oxygen atoms in total. The van der Waals surface area contributed by atoms with Gasteiger partial charge in [-0.2, -0.15) is 0 Å². The Morgan fingerprint density at radius 2 is 1.77 bits per heavy atom. The van der Waals surface area contributed by atoms with Gasteiger partial charge in [0.05, 0.1) is 11.5 Å². The van der Waals surface area contributed by atoms with E-state index in [4.69, 9.17) is 14.0 Å². The van der Waals surface area contributed by atoms with Gasteiger partial charge in [-0.1, -0.05) is 25.1 Å². The zero-order chi connectivity index (χ0) is 26.8. The molecule has 3 rings (SSSR count). The molecule has 2 aliphatic rings. The van der Waals surface area contributed by atoms with Gasteiger partial charge in [-0.15, -0.1) is 0 Å². The minimum atomic E-state index is -1.87. The normalized spacial score (nSPS) is 28.6. The van der Waals surface area contributed by atoms with Gasteiger partial charge in [0.1, 0.15) is 31.9 Å². The lowest BCUT2D eigenvalue weighted by Gasteiger charge is -2.39. The van der Waals surface area contributed by atoms with Crippen molar-refractivity contribution in [3.05, 3.63) is 47.0 Å². The molecular formula is C24H28BNO9. The number of aryl methyl sites for hydroxylation is 2. The van der Waals surface area contributed by atoms with Crippen molar-refractivity contribution in [3.63, 3.8) is 0 Å². The molecule has 1 aromatic rings. The maximum atomic E-state index is 13.0. The zero-order valence-corrected chi connectivity index (χ0v) is 19.2. The number of amides is 2. The molecule has 11 heteroatoms. The summed E-state index contributed by atoms with van der Waals surface area (Å²) in [4.78, 5) is 49.1. The van der Waals surface area contributed by atoms with E-state index in [-0.39, 0.29) is 26.2 Å². The van der Waals surface area contributed by atoms with E-state index < -0.39 is 59.5 Å². The highest BCUT2D eigenvalue weighted by Crippen LogP contribution is 2.27. The van der Waals surface area contributed by atoms with E-state index in [0.717, 1.165) is 17.7 Å². The molecule has 2 amide bonds. The van der Waals surface area contributed by atoms with Crippen molar-refractivity contribution < 1.29 is 45.7 Å². The molecule has 0 spiro atoms. The Morgan fingerprint density at radius 1 is 1.11 bits per heavy atom. The monoisotopic (exact) mass is 486 g/mol. The lowest BCUT2D eigenvalue weighted by molar-refractivity contribution is -0.227. The third-order valence-electron chi connectivity index (χ3n) is 6.40. The summed E-state index contributed by atoms with van der Waals surface area (Å²) in [5.74, 6) is -3.43. The molecule has 0 saturated carbocycles. The Kier molecular flexibility index (Phi) is 7.51.